The number of ether oxygens (including phenoxy) is 1. The Bertz CT molecular complexity index is 527. The summed E-state index contributed by atoms with van der Waals surface area (Å²) in [5.41, 5.74) is 6.32. The fourth-order valence-electron chi connectivity index (χ4n) is 2.01. The molecule has 1 fully saturated rings. The smallest absolute Gasteiger partial charge is 0.311 e. The van der Waals surface area contributed by atoms with Crippen molar-refractivity contribution in [3.63, 3.8) is 0 Å². The zero-order valence-corrected chi connectivity index (χ0v) is 11.5. The summed E-state index contributed by atoms with van der Waals surface area (Å²) in [5, 5.41) is 0.172. The van der Waals surface area contributed by atoms with Crippen LogP contribution in [0.4, 0.5) is 11.4 Å². The number of anilines is 2. The van der Waals surface area contributed by atoms with E-state index in [2.05, 4.69) is 9.72 Å². The molecule has 1 atom stereocenters. The molecule has 6 nitrogen and oxygen atoms in total. The summed E-state index contributed by atoms with van der Waals surface area (Å²) in [6.45, 7) is 0.165. The van der Waals surface area contributed by atoms with Gasteiger partial charge in [-0.3, -0.25) is 9.59 Å². The minimum atomic E-state index is -0.524. The number of esters is 1. The van der Waals surface area contributed by atoms with Gasteiger partial charge >= 0.3 is 5.97 Å². The molecule has 0 saturated carbocycles. The molecule has 1 aliphatic heterocycles. The zero-order chi connectivity index (χ0) is 14.2. The van der Waals surface area contributed by atoms with Crippen LogP contribution < -0.4 is 10.6 Å². The van der Waals surface area contributed by atoms with Crippen LogP contribution in [0.25, 0.3) is 0 Å². The quantitative estimate of drug-likeness (QED) is 0.661. The minimum Gasteiger partial charge on any atom is -0.469 e. The molecule has 102 valence electrons. The maximum Gasteiger partial charge on any atom is 0.311 e. The van der Waals surface area contributed by atoms with Gasteiger partial charge in [0.15, 0.2) is 5.15 Å². The molecule has 1 aliphatic rings. The number of rotatable bonds is 2. The van der Waals surface area contributed by atoms with Gasteiger partial charge in [-0.1, -0.05) is 23.2 Å². The summed E-state index contributed by atoms with van der Waals surface area (Å²) in [5.74, 6) is -1.22. The first-order valence-electron chi connectivity index (χ1n) is 5.43. The number of nitrogen functional groups attached to an aromatic ring is 1. The standard InChI is InChI=1S/C11H11Cl2N3O3/c1-19-11(18)5-2-8(17)16(4-5)9-6(14)3-7(12)15-10(9)13/h3,5H,2,4H2,1H3,(H2,14,15). The van der Waals surface area contributed by atoms with E-state index in [9.17, 15) is 9.59 Å². The van der Waals surface area contributed by atoms with E-state index in [1.54, 1.807) is 0 Å². The number of nitrogens with zero attached hydrogens (tertiary/aromatic N) is 2. The van der Waals surface area contributed by atoms with Crippen LogP contribution >= 0.6 is 23.2 Å². The molecule has 1 amide bonds. The highest BCUT2D eigenvalue weighted by atomic mass is 35.5. The van der Waals surface area contributed by atoms with Crippen molar-refractivity contribution in [3.8, 4) is 0 Å². The van der Waals surface area contributed by atoms with E-state index in [1.165, 1.54) is 18.1 Å². The van der Waals surface area contributed by atoms with Gasteiger partial charge in [0.25, 0.3) is 0 Å². The van der Waals surface area contributed by atoms with E-state index < -0.39 is 11.9 Å². The second kappa shape index (κ2) is 5.22. The number of carbonyl (C=O) groups is 2. The average molecular weight is 304 g/mol. The second-order valence-electron chi connectivity index (χ2n) is 4.10. The van der Waals surface area contributed by atoms with Crippen LogP contribution in [0.1, 0.15) is 6.42 Å². The molecule has 1 aromatic heterocycles. The lowest BCUT2D eigenvalue weighted by Gasteiger charge is -2.19. The predicted octanol–water partition coefficient (Wildman–Crippen LogP) is 1.50. The summed E-state index contributed by atoms with van der Waals surface area (Å²) in [6, 6.07) is 1.40. The molecular formula is C11H11Cl2N3O3. The van der Waals surface area contributed by atoms with Crippen molar-refractivity contribution in [2.24, 2.45) is 5.92 Å². The molecular weight excluding hydrogens is 293 g/mol. The summed E-state index contributed by atoms with van der Waals surface area (Å²) < 4.78 is 4.63. The Morgan fingerprint density at radius 3 is 2.84 bits per heavy atom. The lowest BCUT2D eigenvalue weighted by molar-refractivity contribution is -0.145. The van der Waals surface area contributed by atoms with Gasteiger partial charge in [-0.2, -0.15) is 0 Å². The summed E-state index contributed by atoms with van der Waals surface area (Å²) >= 11 is 11.7. The Labute approximate surface area is 119 Å². The number of nitrogens with two attached hydrogens (primary N) is 1. The lowest BCUT2D eigenvalue weighted by atomic mass is 10.1. The number of hydrogen-bond donors (Lipinski definition) is 1. The molecule has 2 rings (SSSR count). The van der Waals surface area contributed by atoms with Crippen LogP contribution in [0, 0.1) is 5.92 Å². The first-order valence-corrected chi connectivity index (χ1v) is 6.19. The molecule has 19 heavy (non-hydrogen) atoms. The van der Waals surface area contributed by atoms with Crippen LogP contribution in [0.2, 0.25) is 10.3 Å². The molecule has 0 radical (unpaired) electrons. The third kappa shape index (κ3) is 2.59. The Hall–Kier alpha value is -1.53. The third-order valence-electron chi connectivity index (χ3n) is 2.88. The first-order chi connectivity index (χ1) is 8.93. The predicted molar refractivity (Wildman–Crippen MR) is 71.1 cm³/mol. The molecule has 2 heterocycles. The van der Waals surface area contributed by atoms with Gasteiger partial charge < -0.3 is 15.4 Å². The van der Waals surface area contributed by atoms with Gasteiger partial charge in [-0.15, -0.1) is 0 Å². The number of carbonyl (C=O) groups excluding carboxylic acids is 2. The van der Waals surface area contributed by atoms with E-state index in [4.69, 9.17) is 28.9 Å². The van der Waals surface area contributed by atoms with Crippen LogP contribution in [-0.2, 0) is 14.3 Å². The molecule has 1 saturated heterocycles. The Kier molecular flexibility index (Phi) is 3.82. The van der Waals surface area contributed by atoms with Crippen LogP contribution in [0.3, 0.4) is 0 Å². The highest BCUT2D eigenvalue weighted by molar-refractivity contribution is 6.35. The molecule has 0 bridgehead atoms. The molecule has 0 aliphatic carbocycles. The number of hydrogen-bond acceptors (Lipinski definition) is 5. The zero-order valence-electron chi connectivity index (χ0n) is 10.0. The van der Waals surface area contributed by atoms with E-state index in [-0.39, 0.29) is 40.6 Å². The topological polar surface area (TPSA) is 85.5 Å². The van der Waals surface area contributed by atoms with E-state index in [1.807, 2.05) is 0 Å². The van der Waals surface area contributed by atoms with Gasteiger partial charge in [-0.25, -0.2) is 4.98 Å². The van der Waals surface area contributed by atoms with Crippen LogP contribution in [0.5, 0.6) is 0 Å². The van der Waals surface area contributed by atoms with Crippen molar-refractivity contribution < 1.29 is 14.3 Å². The number of halogens is 2. The summed E-state index contributed by atoms with van der Waals surface area (Å²) in [6.07, 6.45) is 0.0606. The number of amides is 1. The Morgan fingerprint density at radius 2 is 2.26 bits per heavy atom. The molecule has 8 heteroatoms. The largest absolute Gasteiger partial charge is 0.469 e. The van der Waals surface area contributed by atoms with E-state index in [0.717, 1.165) is 0 Å². The van der Waals surface area contributed by atoms with Crippen molar-refractivity contribution in [2.75, 3.05) is 24.3 Å². The molecule has 0 aromatic carbocycles. The SMILES string of the molecule is COC(=O)C1CC(=O)N(c2c(N)cc(Cl)nc2Cl)C1. The van der Waals surface area contributed by atoms with E-state index >= 15 is 0 Å². The number of pyridine rings is 1. The fraction of sp³-hybridized carbons (Fsp3) is 0.364. The van der Waals surface area contributed by atoms with Crippen molar-refractivity contribution >= 4 is 46.5 Å². The summed E-state index contributed by atoms with van der Waals surface area (Å²) in [7, 11) is 1.28. The Morgan fingerprint density at radius 1 is 1.58 bits per heavy atom. The minimum absolute atomic E-state index is 0.0314. The normalized spacial score (nSPS) is 18.8. The van der Waals surface area contributed by atoms with Gasteiger partial charge in [0.2, 0.25) is 5.91 Å². The fourth-order valence-corrected chi connectivity index (χ4v) is 2.56. The second-order valence-corrected chi connectivity index (χ2v) is 4.85. The maximum absolute atomic E-state index is 11.9. The molecule has 1 unspecified atom stereocenters. The van der Waals surface area contributed by atoms with Crippen molar-refractivity contribution in [3.05, 3.63) is 16.4 Å². The van der Waals surface area contributed by atoms with Crippen molar-refractivity contribution in [2.45, 2.75) is 6.42 Å². The molecule has 1 aromatic rings. The van der Waals surface area contributed by atoms with E-state index in [0.29, 0.717) is 0 Å². The highest BCUT2D eigenvalue weighted by Crippen LogP contribution is 2.36. The molecule has 0 spiro atoms. The van der Waals surface area contributed by atoms with Gasteiger partial charge in [0.05, 0.1) is 18.7 Å². The number of aromatic nitrogens is 1. The van der Waals surface area contributed by atoms with Crippen molar-refractivity contribution in [1.82, 2.24) is 4.98 Å². The Balaban J connectivity index is 2.33. The third-order valence-corrected chi connectivity index (χ3v) is 3.34. The van der Waals surface area contributed by atoms with Crippen LogP contribution in [-0.4, -0.2) is 30.5 Å². The molecule has 2 N–H and O–H groups in total. The first kappa shape index (κ1) is 13.9. The highest BCUT2D eigenvalue weighted by Gasteiger charge is 2.37. The lowest BCUT2D eigenvalue weighted by Crippen LogP contribution is -2.27. The van der Waals surface area contributed by atoms with Crippen molar-refractivity contribution in [1.29, 1.82) is 0 Å². The average Bonchev–Trinajstić information content (AvgIpc) is 2.69. The van der Waals surface area contributed by atoms with Crippen LogP contribution in [0.15, 0.2) is 6.07 Å². The van der Waals surface area contributed by atoms with Gasteiger partial charge in [0, 0.05) is 19.0 Å². The van der Waals surface area contributed by atoms with Gasteiger partial charge in [0.1, 0.15) is 10.8 Å². The monoisotopic (exact) mass is 303 g/mol. The summed E-state index contributed by atoms with van der Waals surface area (Å²) in [4.78, 5) is 28.6. The van der Waals surface area contributed by atoms with Gasteiger partial charge in [-0.05, 0) is 0 Å². The maximum atomic E-state index is 11.9. The number of methoxy groups -OCH3 is 1.